The molecule has 0 spiro atoms. The molecule has 2 fully saturated rings. The van der Waals surface area contributed by atoms with Crippen LogP contribution in [-0.4, -0.2) is 53.3 Å². The molecule has 35 heavy (non-hydrogen) atoms. The number of carbonyl (C=O) groups is 2. The number of alkyl carbamates (subject to hydrolysis) is 1. The number of carbonyl (C=O) groups excluding carboxylic acids is 2. The molecule has 0 aromatic heterocycles. The molecular formula is C27H39ClN2O5. The molecule has 3 aliphatic rings. The Morgan fingerprint density at radius 1 is 1.26 bits per heavy atom. The second-order valence-corrected chi connectivity index (χ2v) is 12.5. The van der Waals surface area contributed by atoms with Gasteiger partial charge in [0.2, 0.25) is 5.91 Å². The van der Waals surface area contributed by atoms with Gasteiger partial charge in [0.15, 0.2) is 0 Å². The first-order valence-corrected chi connectivity index (χ1v) is 13.0. The van der Waals surface area contributed by atoms with Gasteiger partial charge in [-0.05, 0) is 71.6 Å². The highest BCUT2D eigenvalue weighted by Crippen LogP contribution is 2.53. The van der Waals surface area contributed by atoms with E-state index >= 15 is 0 Å². The van der Waals surface area contributed by atoms with Crippen molar-refractivity contribution in [3.63, 3.8) is 0 Å². The number of halogens is 1. The number of nitrogens with zero attached hydrogens (tertiary/aromatic N) is 1. The lowest BCUT2D eigenvalue weighted by molar-refractivity contribution is -0.189. The number of piperidine rings is 1. The predicted molar refractivity (Wildman–Crippen MR) is 135 cm³/mol. The molecule has 5 atom stereocenters. The van der Waals surface area contributed by atoms with Gasteiger partial charge in [-0.2, -0.15) is 0 Å². The van der Waals surface area contributed by atoms with Gasteiger partial charge in [-0.1, -0.05) is 25.4 Å². The summed E-state index contributed by atoms with van der Waals surface area (Å²) < 4.78 is 18.5. The van der Waals surface area contributed by atoms with Crippen molar-refractivity contribution in [1.82, 2.24) is 10.2 Å². The summed E-state index contributed by atoms with van der Waals surface area (Å²) in [7, 11) is 0. The minimum atomic E-state index is -0.637. The number of hydrogen-bond donors (Lipinski definition) is 1. The van der Waals surface area contributed by atoms with Crippen LogP contribution in [0.3, 0.4) is 0 Å². The van der Waals surface area contributed by atoms with E-state index in [1.165, 1.54) is 0 Å². The van der Waals surface area contributed by atoms with Crippen molar-refractivity contribution >= 4 is 23.6 Å². The van der Waals surface area contributed by atoms with E-state index in [0.717, 1.165) is 24.2 Å². The van der Waals surface area contributed by atoms with Gasteiger partial charge in [-0.25, -0.2) is 4.79 Å². The first kappa shape index (κ1) is 26.1. The van der Waals surface area contributed by atoms with E-state index in [2.05, 4.69) is 19.2 Å². The fourth-order valence-corrected chi connectivity index (χ4v) is 5.81. The van der Waals surface area contributed by atoms with Gasteiger partial charge in [0.1, 0.15) is 23.0 Å². The number of ether oxygens (including phenoxy) is 3. The number of likely N-dealkylation sites (tertiary alicyclic amines) is 1. The SMILES string of the molecule is CC(C)[C@@H](NC(=O)OC(C)(C)C)C(=O)N1CC[C@@H]2O[C@@H]3c4cc(Cl)ccc4OC(C)(C)[C@H]3C[C@@H]2C1. The third-order valence-corrected chi connectivity index (χ3v) is 7.60. The van der Waals surface area contributed by atoms with Crippen LogP contribution in [0.2, 0.25) is 5.02 Å². The van der Waals surface area contributed by atoms with Crippen LogP contribution in [-0.2, 0) is 14.3 Å². The summed E-state index contributed by atoms with van der Waals surface area (Å²) in [4.78, 5) is 27.8. The van der Waals surface area contributed by atoms with E-state index in [4.69, 9.17) is 25.8 Å². The normalized spacial score (nSPS) is 28.2. The second kappa shape index (κ2) is 9.47. The number of hydrogen-bond acceptors (Lipinski definition) is 5. The second-order valence-electron chi connectivity index (χ2n) is 12.0. The Balaban J connectivity index is 1.48. The van der Waals surface area contributed by atoms with E-state index in [1.54, 1.807) is 0 Å². The summed E-state index contributed by atoms with van der Waals surface area (Å²) >= 11 is 6.30. The fourth-order valence-electron chi connectivity index (χ4n) is 5.63. The van der Waals surface area contributed by atoms with Gasteiger partial charge in [0, 0.05) is 35.5 Å². The largest absolute Gasteiger partial charge is 0.487 e. The van der Waals surface area contributed by atoms with Gasteiger partial charge >= 0.3 is 6.09 Å². The monoisotopic (exact) mass is 506 g/mol. The zero-order chi connectivity index (χ0) is 25.7. The van der Waals surface area contributed by atoms with Crippen molar-refractivity contribution in [1.29, 1.82) is 0 Å². The molecule has 7 nitrogen and oxygen atoms in total. The molecule has 2 amide bonds. The maximum absolute atomic E-state index is 13.5. The Morgan fingerprint density at radius 3 is 2.63 bits per heavy atom. The number of amides is 2. The average molecular weight is 507 g/mol. The zero-order valence-electron chi connectivity index (χ0n) is 21.9. The first-order valence-electron chi connectivity index (χ1n) is 12.7. The van der Waals surface area contributed by atoms with Crippen LogP contribution in [0, 0.1) is 17.8 Å². The highest BCUT2D eigenvalue weighted by molar-refractivity contribution is 6.30. The van der Waals surface area contributed by atoms with Crippen LogP contribution in [0.5, 0.6) is 5.75 Å². The summed E-state index contributed by atoms with van der Waals surface area (Å²) in [5, 5.41) is 3.48. The lowest BCUT2D eigenvalue weighted by atomic mass is 9.70. The molecule has 0 radical (unpaired) electrons. The minimum Gasteiger partial charge on any atom is -0.487 e. The van der Waals surface area contributed by atoms with Gasteiger partial charge in [-0.15, -0.1) is 0 Å². The lowest BCUT2D eigenvalue weighted by Crippen LogP contribution is -2.59. The molecule has 1 aromatic carbocycles. The van der Waals surface area contributed by atoms with Crippen molar-refractivity contribution in [3.05, 3.63) is 28.8 Å². The molecule has 0 aliphatic carbocycles. The summed E-state index contributed by atoms with van der Waals surface area (Å²) in [6.07, 6.45) is 1.07. The van der Waals surface area contributed by atoms with Gasteiger partial charge < -0.3 is 24.4 Å². The van der Waals surface area contributed by atoms with E-state index in [0.29, 0.717) is 18.1 Å². The van der Waals surface area contributed by atoms with Crippen LogP contribution < -0.4 is 10.1 Å². The summed E-state index contributed by atoms with van der Waals surface area (Å²) in [5.74, 6) is 1.05. The van der Waals surface area contributed by atoms with Crippen LogP contribution in [0.1, 0.15) is 73.0 Å². The average Bonchev–Trinajstić information content (AvgIpc) is 2.75. The van der Waals surface area contributed by atoms with Crippen LogP contribution in [0.15, 0.2) is 18.2 Å². The molecule has 4 rings (SSSR count). The standard InChI is InChI=1S/C27H39ClN2O5/c1-15(2)22(29-25(32)35-26(3,4)5)24(31)30-11-10-20-16(14-30)12-19-23(33-20)18-13-17(28)8-9-21(18)34-27(19,6)7/h8-9,13,15-16,19-20,22-23H,10-12,14H2,1-7H3,(H,29,32)/t16-,19+,20+,22-,23-/m1/s1. The maximum atomic E-state index is 13.5. The molecule has 1 aromatic rings. The quantitative estimate of drug-likeness (QED) is 0.597. The van der Waals surface area contributed by atoms with Crippen LogP contribution >= 0.6 is 11.6 Å². The first-order chi connectivity index (χ1) is 16.2. The van der Waals surface area contributed by atoms with E-state index in [9.17, 15) is 9.59 Å². The molecule has 0 unspecified atom stereocenters. The highest BCUT2D eigenvalue weighted by atomic mass is 35.5. The van der Waals surface area contributed by atoms with E-state index in [1.807, 2.05) is 57.7 Å². The summed E-state index contributed by atoms with van der Waals surface area (Å²) in [6, 6.07) is 5.10. The highest BCUT2D eigenvalue weighted by Gasteiger charge is 2.52. The topological polar surface area (TPSA) is 77.1 Å². The third kappa shape index (κ3) is 5.56. The van der Waals surface area contributed by atoms with Crippen molar-refractivity contribution in [2.45, 2.75) is 90.8 Å². The number of nitrogens with one attached hydrogen (secondary N) is 1. The van der Waals surface area contributed by atoms with E-state index in [-0.39, 0.29) is 35.9 Å². The van der Waals surface area contributed by atoms with E-state index < -0.39 is 23.3 Å². The predicted octanol–water partition coefficient (Wildman–Crippen LogP) is 5.36. The maximum Gasteiger partial charge on any atom is 0.408 e. The Bertz CT molecular complexity index is 973. The summed E-state index contributed by atoms with van der Waals surface area (Å²) in [6.45, 7) is 14.7. The van der Waals surface area contributed by atoms with Gasteiger partial charge in [0.25, 0.3) is 0 Å². The molecule has 3 heterocycles. The molecule has 1 N–H and O–H groups in total. The van der Waals surface area contributed by atoms with Crippen LogP contribution in [0.4, 0.5) is 4.79 Å². The molecule has 0 saturated carbocycles. The van der Waals surface area contributed by atoms with Crippen molar-refractivity contribution < 1.29 is 23.8 Å². The molecule has 0 bridgehead atoms. The van der Waals surface area contributed by atoms with Gasteiger partial charge in [-0.3, -0.25) is 4.79 Å². The molecule has 3 aliphatic heterocycles. The fraction of sp³-hybridized carbons (Fsp3) is 0.704. The Hall–Kier alpha value is -1.99. The zero-order valence-corrected chi connectivity index (χ0v) is 22.6. The number of fused-ring (bicyclic) bond motifs is 4. The number of rotatable bonds is 3. The molecule has 194 valence electrons. The minimum absolute atomic E-state index is 0.0633. The Kier molecular flexibility index (Phi) is 7.06. The Labute approximate surface area is 213 Å². The molecular weight excluding hydrogens is 468 g/mol. The lowest BCUT2D eigenvalue weighted by Gasteiger charge is -2.53. The molecule has 2 saturated heterocycles. The third-order valence-electron chi connectivity index (χ3n) is 7.37. The Morgan fingerprint density at radius 2 is 1.97 bits per heavy atom. The summed E-state index contributed by atoms with van der Waals surface area (Å²) in [5.41, 5.74) is -0.0115. The van der Waals surface area contributed by atoms with Crippen molar-refractivity contribution in [3.8, 4) is 5.75 Å². The number of benzene rings is 1. The van der Waals surface area contributed by atoms with Crippen molar-refractivity contribution in [2.24, 2.45) is 17.8 Å². The van der Waals surface area contributed by atoms with Crippen molar-refractivity contribution in [2.75, 3.05) is 13.1 Å². The van der Waals surface area contributed by atoms with Crippen LogP contribution in [0.25, 0.3) is 0 Å². The molecule has 8 heteroatoms. The smallest absolute Gasteiger partial charge is 0.408 e. The van der Waals surface area contributed by atoms with Gasteiger partial charge in [0.05, 0.1) is 12.2 Å².